The molecule has 2 fully saturated rings. The summed E-state index contributed by atoms with van der Waals surface area (Å²) < 4.78 is 20.7. The van der Waals surface area contributed by atoms with Gasteiger partial charge in [0.05, 0.1) is 40.5 Å². The lowest BCUT2D eigenvalue weighted by atomic mass is 9.82. The second-order valence-corrected chi connectivity index (χ2v) is 9.50. The van der Waals surface area contributed by atoms with Crippen LogP contribution >= 0.6 is 0 Å². The Labute approximate surface area is 221 Å². The summed E-state index contributed by atoms with van der Waals surface area (Å²) in [6.45, 7) is 3.85. The molecule has 6 atom stereocenters. The number of esters is 4. The molecule has 4 rings (SSSR count). The van der Waals surface area contributed by atoms with E-state index in [1.807, 2.05) is 62.4 Å². The SMILES string of the molecule is COC(=O)[C@@H]1[C@@H](C(=O)OC)N2[C@@H](c3ccc(C)cc3)[C@H](C(=O)OC)[C@H](C(=O)OC)N2[C@@H]1c1ccc(C)cc1. The number of hydrazine groups is 1. The number of methoxy groups -OCH3 is 4. The summed E-state index contributed by atoms with van der Waals surface area (Å²) in [5.41, 5.74) is 3.28. The van der Waals surface area contributed by atoms with Crippen molar-refractivity contribution in [3.63, 3.8) is 0 Å². The van der Waals surface area contributed by atoms with Gasteiger partial charge in [-0.15, -0.1) is 0 Å². The first-order valence-corrected chi connectivity index (χ1v) is 12.2. The third-order valence-electron chi connectivity index (χ3n) is 7.44. The zero-order chi connectivity index (χ0) is 27.7. The number of fused-ring (bicyclic) bond motifs is 1. The van der Waals surface area contributed by atoms with Gasteiger partial charge in [-0.3, -0.25) is 19.2 Å². The van der Waals surface area contributed by atoms with Crippen molar-refractivity contribution in [2.24, 2.45) is 11.8 Å². The highest BCUT2D eigenvalue weighted by Crippen LogP contribution is 2.55. The lowest BCUT2D eigenvalue weighted by Crippen LogP contribution is -2.47. The molecule has 0 radical (unpaired) electrons. The van der Waals surface area contributed by atoms with E-state index in [9.17, 15) is 19.2 Å². The Bertz CT molecular complexity index is 1120. The number of benzene rings is 2. The lowest BCUT2D eigenvalue weighted by Gasteiger charge is -2.32. The maximum Gasteiger partial charge on any atom is 0.325 e. The van der Waals surface area contributed by atoms with E-state index in [0.29, 0.717) is 11.1 Å². The summed E-state index contributed by atoms with van der Waals surface area (Å²) in [7, 11) is 4.95. The van der Waals surface area contributed by atoms with Crippen molar-refractivity contribution >= 4 is 23.9 Å². The molecule has 2 saturated heterocycles. The number of hydrogen-bond donors (Lipinski definition) is 0. The Morgan fingerprint density at radius 2 is 0.816 bits per heavy atom. The summed E-state index contributed by atoms with van der Waals surface area (Å²) in [4.78, 5) is 53.5. The second kappa shape index (κ2) is 10.9. The van der Waals surface area contributed by atoms with Crippen molar-refractivity contribution < 1.29 is 38.1 Å². The first kappa shape index (κ1) is 27.3. The van der Waals surface area contributed by atoms with E-state index in [4.69, 9.17) is 18.9 Å². The van der Waals surface area contributed by atoms with Crippen molar-refractivity contribution in [1.82, 2.24) is 10.0 Å². The highest BCUT2D eigenvalue weighted by Gasteiger charge is 2.68. The number of ether oxygens (including phenoxy) is 4. The van der Waals surface area contributed by atoms with Crippen LogP contribution in [0.5, 0.6) is 0 Å². The highest BCUT2D eigenvalue weighted by atomic mass is 16.5. The average molecular weight is 525 g/mol. The van der Waals surface area contributed by atoms with Gasteiger partial charge in [-0.25, -0.2) is 10.0 Å². The molecule has 2 aliphatic rings. The first-order valence-electron chi connectivity index (χ1n) is 12.2. The molecule has 0 aromatic heterocycles. The van der Waals surface area contributed by atoms with Gasteiger partial charge < -0.3 is 18.9 Å². The largest absolute Gasteiger partial charge is 0.469 e. The second-order valence-electron chi connectivity index (χ2n) is 9.50. The van der Waals surface area contributed by atoms with E-state index >= 15 is 0 Å². The van der Waals surface area contributed by atoms with Crippen molar-refractivity contribution in [2.75, 3.05) is 28.4 Å². The molecule has 0 spiro atoms. The summed E-state index contributed by atoms with van der Waals surface area (Å²) in [6, 6.07) is 10.7. The Kier molecular flexibility index (Phi) is 7.84. The Hall–Kier alpha value is -3.76. The van der Waals surface area contributed by atoms with Gasteiger partial charge in [-0.2, -0.15) is 0 Å². The normalized spacial score (nSPS) is 26.9. The van der Waals surface area contributed by atoms with E-state index in [1.165, 1.54) is 28.4 Å². The van der Waals surface area contributed by atoms with Crippen LogP contribution in [0.3, 0.4) is 0 Å². The van der Waals surface area contributed by atoms with Crippen molar-refractivity contribution in [3.8, 4) is 0 Å². The standard InChI is InChI=1S/C28H32N2O8/c1-15-7-11-17(12-8-15)21-19(25(31)35-3)23(27(33)37-5)30-22(18-13-9-16(2)10-14-18)20(26(32)36-4)24(29(21)30)28(34)38-6/h7-14,19-24H,1-6H3/t19-,20-,21-,22+,23+,24-/m0/s1. The molecule has 0 unspecified atom stereocenters. The minimum Gasteiger partial charge on any atom is -0.469 e. The molecule has 2 aromatic rings. The summed E-state index contributed by atoms with van der Waals surface area (Å²) in [5, 5.41) is 3.23. The van der Waals surface area contributed by atoms with Gasteiger partial charge >= 0.3 is 23.9 Å². The summed E-state index contributed by atoms with van der Waals surface area (Å²) in [6.07, 6.45) is 0. The number of hydrogen-bond acceptors (Lipinski definition) is 10. The molecule has 10 nitrogen and oxygen atoms in total. The maximum absolute atomic E-state index is 13.4. The minimum atomic E-state index is -1.20. The number of aryl methyl sites for hydroxylation is 2. The third kappa shape index (κ3) is 4.43. The van der Waals surface area contributed by atoms with Gasteiger partial charge in [-0.1, -0.05) is 59.7 Å². The van der Waals surface area contributed by atoms with Gasteiger partial charge in [0.25, 0.3) is 0 Å². The van der Waals surface area contributed by atoms with Crippen LogP contribution in [0.1, 0.15) is 34.3 Å². The van der Waals surface area contributed by atoms with Crippen LogP contribution in [-0.2, 0) is 38.1 Å². The molecular formula is C28H32N2O8. The van der Waals surface area contributed by atoms with Crippen molar-refractivity contribution in [3.05, 3.63) is 70.8 Å². The number of nitrogens with zero attached hydrogens (tertiary/aromatic N) is 2. The van der Waals surface area contributed by atoms with E-state index in [0.717, 1.165) is 11.1 Å². The van der Waals surface area contributed by atoms with E-state index < -0.39 is 59.9 Å². The Balaban J connectivity index is 2.04. The first-order chi connectivity index (χ1) is 18.2. The summed E-state index contributed by atoms with van der Waals surface area (Å²) >= 11 is 0. The quantitative estimate of drug-likeness (QED) is 0.412. The van der Waals surface area contributed by atoms with Crippen LogP contribution in [0.25, 0.3) is 0 Å². The molecule has 2 heterocycles. The fourth-order valence-corrected chi connectivity index (χ4v) is 5.71. The van der Waals surface area contributed by atoms with Gasteiger partial charge in [-0.05, 0) is 25.0 Å². The van der Waals surface area contributed by atoms with Gasteiger partial charge in [0.2, 0.25) is 0 Å². The average Bonchev–Trinajstić information content (AvgIpc) is 3.45. The Morgan fingerprint density at radius 1 is 0.526 bits per heavy atom. The van der Waals surface area contributed by atoms with Crippen LogP contribution in [0, 0.1) is 25.7 Å². The predicted molar refractivity (Wildman–Crippen MR) is 134 cm³/mol. The van der Waals surface area contributed by atoms with Crippen LogP contribution < -0.4 is 0 Å². The molecule has 2 aliphatic heterocycles. The van der Waals surface area contributed by atoms with E-state index in [2.05, 4.69) is 0 Å². The molecule has 2 aromatic carbocycles. The Morgan fingerprint density at radius 3 is 1.08 bits per heavy atom. The smallest absolute Gasteiger partial charge is 0.325 e. The third-order valence-corrected chi connectivity index (χ3v) is 7.44. The summed E-state index contributed by atoms with van der Waals surface area (Å²) in [5.74, 6) is -4.86. The van der Waals surface area contributed by atoms with Gasteiger partial charge in [0.15, 0.2) is 0 Å². The molecule has 0 aliphatic carbocycles. The fraction of sp³-hybridized carbons (Fsp3) is 0.429. The van der Waals surface area contributed by atoms with Crippen molar-refractivity contribution in [1.29, 1.82) is 0 Å². The molecule has 0 bridgehead atoms. The molecule has 0 N–H and O–H groups in total. The molecule has 10 heteroatoms. The molecule has 0 saturated carbocycles. The highest BCUT2D eigenvalue weighted by molar-refractivity contribution is 5.90. The van der Waals surface area contributed by atoms with E-state index in [-0.39, 0.29) is 0 Å². The number of carbonyl (C=O) groups excluding carboxylic acids is 4. The fourth-order valence-electron chi connectivity index (χ4n) is 5.71. The van der Waals surface area contributed by atoms with Crippen LogP contribution in [0.4, 0.5) is 0 Å². The monoisotopic (exact) mass is 524 g/mol. The molecule has 38 heavy (non-hydrogen) atoms. The molecule has 202 valence electrons. The zero-order valence-corrected chi connectivity index (χ0v) is 22.2. The number of rotatable bonds is 6. The van der Waals surface area contributed by atoms with Crippen LogP contribution in [0.2, 0.25) is 0 Å². The predicted octanol–water partition coefficient (Wildman–Crippen LogP) is 2.29. The maximum atomic E-state index is 13.4. The topological polar surface area (TPSA) is 112 Å². The van der Waals surface area contributed by atoms with Crippen molar-refractivity contribution in [2.45, 2.75) is 38.0 Å². The molecule has 0 amide bonds. The van der Waals surface area contributed by atoms with Gasteiger partial charge in [0.1, 0.15) is 23.9 Å². The number of carbonyl (C=O) groups is 4. The lowest BCUT2D eigenvalue weighted by molar-refractivity contribution is -0.160. The van der Waals surface area contributed by atoms with E-state index in [1.54, 1.807) is 10.0 Å². The molecular weight excluding hydrogens is 492 g/mol. The zero-order valence-electron chi connectivity index (χ0n) is 22.2. The van der Waals surface area contributed by atoms with Crippen LogP contribution in [0.15, 0.2) is 48.5 Å². The van der Waals surface area contributed by atoms with Crippen LogP contribution in [-0.4, -0.2) is 74.4 Å². The minimum absolute atomic E-state index is 0.652. The van der Waals surface area contributed by atoms with Gasteiger partial charge in [0, 0.05) is 0 Å².